The molecule has 1 fully saturated rings. The molecule has 3 nitrogen and oxygen atoms in total. The lowest BCUT2D eigenvalue weighted by molar-refractivity contribution is -0.137. The molecule has 2 N–H and O–H groups in total. The Hall–Kier alpha value is -1.04. The van der Waals surface area contributed by atoms with Gasteiger partial charge >= 0.3 is 6.18 Å². The summed E-state index contributed by atoms with van der Waals surface area (Å²) in [6.45, 7) is 1.12. The van der Waals surface area contributed by atoms with Crippen molar-refractivity contribution in [1.29, 1.82) is 0 Å². The van der Waals surface area contributed by atoms with E-state index < -0.39 is 11.7 Å². The Morgan fingerprint density at radius 1 is 1.44 bits per heavy atom. The van der Waals surface area contributed by atoms with Crippen LogP contribution in [-0.2, 0) is 12.7 Å². The minimum Gasteiger partial charge on any atom is -0.330 e. The number of nitrogens with zero attached hydrogens (tertiary/aromatic N) is 2. The molecule has 0 bridgehead atoms. The van der Waals surface area contributed by atoms with Gasteiger partial charge < -0.3 is 5.73 Å². The fourth-order valence-electron chi connectivity index (χ4n) is 1.91. The molecule has 0 aliphatic heterocycles. The summed E-state index contributed by atoms with van der Waals surface area (Å²) in [6, 6.07) is 0. The van der Waals surface area contributed by atoms with Gasteiger partial charge in [0.05, 0.1) is 11.8 Å². The maximum absolute atomic E-state index is 12.3. The maximum atomic E-state index is 12.3. The minimum absolute atomic E-state index is 0.101. The van der Waals surface area contributed by atoms with Crippen LogP contribution < -0.4 is 5.73 Å². The molecule has 0 radical (unpaired) electrons. The fraction of sp³-hybridized carbons (Fsp3) is 0.700. The zero-order chi connectivity index (χ0) is 11.8. The molecule has 1 aromatic rings. The lowest BCUT2D eigenvalue weighted by Gasteiger charge is -2.13. The molecule has 0 amide bonds. The number of hydrogen-bond donors (Lipinski definition) is 1. The number of nitrogens with two attached hydrogens (primary N) is 1. The standard InChI is InChI=1S/C10H14F3N3/c11-10(12,13)8-5-15-16(6-8)7-9(1-2-9)3-4-14/h5-6H,1-4,7,14H2. The van der Waals surface area contributed by atoms with Gasteiger partial charge in [-0.2, -0.15) is 18.3 Å². The fourth-order valence-corrected chi connectivity index (χ4v) is 1.91. The summed E-state index contributed by atoms with van der Waals surface area (Å²) in [4.78, 5) is 0. The second kappa shape index (κ2) is 3.76. The second-order valence-corrected chi connectivity index (χ2v) is 4.46. The van der Waals surface area contributed by atoms with Gasteiger partial charge in [-0.15, -0.1) is 0 Å². The second-order valence-electron chi connectivity index (χ2n) is 4.46. The van der Waals surface area contributed by atoms with E-state index in [1.54, 1.807) is 0 Å². The van der Waals surface area contributed by atoms with Gasteiger partial charge in [0.15, 0.2) is 0 Å². The monoisotopic (exact) mass is 233 g/mol. The molecule has 1 aliphatic carbocycles. The van der Waals surface area contributed by atoms with Gasteiger partial charge in [0, 0.05) is 12.7 Å². The molecule has 0 spiro atoms. The van der Waals surface area contributed by atoms with E-state index in [1.165, 1.54) is 4.68 Å². The number of halogens is 3. The summed E-state index contributed by atoms with van der Waals surface area (Å²) in [5.41, 5.74) is 4.89. The molecule has 0 saturated heterocycles. The highest BCUT2D eigenvalue weighted by atomic mass is 19.4. The molecule has 1 aromatic heterocycles. The lowest BCUT2D eigenvalue weighted by atomic mass is 10.0. The summed E-state index contributed by atoms with van der Waals surface area (Å²) in [5.74, 6) is 0. The van der Waals surface area contributed by atoms with Gasteiger partial charge in [-0.1, -0.05) is 0 Å². The Balaban J connectivity index is 2.03. The van der Waals surface area contributed by atoms with Gasteiger partial charge in [0.1, 0.15) is 0 Å². The number of alkyl halides is 3. The van der Waals surface area contributed by atoms with Crippen molar-refractivity contribution < 1.29 is 13.2 Å². The van der Waals surface area contributed by atoms with Crippen molar-refractivity contribution in [3.05, 3.63) is 18.0 Å². The molecular weight excluding hydrogens is 219 g/mol. The molecule has 6 heteroatoms. The Bertz CT molecular complexity index is 366. The van der Waals surface area contributed by atoms with E-state index in [-0.39, 0.29) is 5.41 Å². The summed E-state index contributed by atoms with van der Waals surface area (Å²) in [5, 5.41) is 3.75. The highest BCUT2D eigenvalue weighted by molar-refractivity contribution is 5.09. The SMILES string of the molecule is NCCC1(Cn2cc(C(F)(F)F)cn2)CC1. The highest BCUT2D eigenvalue weighted by Crippen LogP contribution is 2.49. The Morgan fingerprint density at radius 3 is 2.56 bits per heavy atom. The largest absolute Gasteiger partial charge is 0.419 e. The normalized spacial score (nSPS) is 18.8. The van der Waals surface area contributed by atoms with Crippen LogP contribution in [0, 0.1) is 5.41 Å². The highest BCUT2D eigenvalue weighted by Gasteiger charge is 2.42. The van der Waals surface area contributed by atoms with E-state index in [9.17, 15) is 13.2 Å². The summed E-state index contributed by atoms with van der Waals surface area (Å²) < 4.78 is 38.4. The number of rotatable bonds is 4. The zero-order valence-electron chi connectivity index (χ0n) is 8.80. The topological polar surface area (TPSA) is 43.8 Å². The first-order valence-corrected chi connectivity index (χ1v) is 5.25. The summed E-state index contributed by atoms with van der Waals surface area (Å²) >= 11 is 0. The first kappa shape index (κ1) is 11.4. The average molecular weight is 233 g/mol. The molecule has 1 aliphatic rings. The van der Waals surface area contributed by atoms with Gasteiger partial charge in [-0.05, 0) is 31.2 Å². The third-order valence-corrected chi connectivity index (χ3v) is 3.09. The number of hydrogen-bond acceptors (Lipinski definition) is 2. The quantitative estimate of drug-likeness (QED) is 0.864. The van der Waals surface area contributed by atoms with Crippen molar-refractivity contribution in [2.24, 2.45) is 11.1 Å². The van der Waals surface area contributed by atoms with E-state index >= 15 is 0 Å². The molecule has 16 heavy (non-hydrogen) atoms. The predicted octanol–water partition coefficient (Wildman–Crippen LogP) is 2.03. The van der Waals surface area contributed by atoms with E-state index in [1.807, 2.05) is 0 Å². The molecular formula is C10H14F3N3. The van der Waals surface area contributed by atoms with Crippen molar-refractivity contribution >= 4 is 0 Å². The Morgan fingerprint density at radius 2 is 2.12 bits per heavy atom. The predicted molar refractivity (Wildman–Crippen MR) is 52.6 cm³/mol. The third kappa shape index (κ3) is 2.37. The Labute approximate surface area is 91.4 Å². The molecule has 2 rings (SSSR count). The van der Waals surface area contributed by atoms with Crippen LogP contribution in [0.3, 0.4) is 0 Å². The van der Waals surface area contributed by atoms with Crippen LogP contribution in [0.25, 0.3) is 0 Å². The van der Waals surface area contributed by atoms with Crippen LogP contribution in [0.15, 0.2) is 12.4 Å². The maximum Gasteiger partial charge on any atom is 0.419 e. The van der Waals surface area contributed by atoms with Crippen LogP contribution in [-0.4, -0.2) is 16.3 Å². The van der Waals surface area contributed by atoms with Gasteiger partial charge in [-0.25, -0.2) is 0 Å². The Kier molecular flexibility index (Phi) is 2.69. The van der Waals surface area contributed by atoms with Crippen LogP contribution >= 0.6 is 0 Å². The molecule has 0 unspecified atom stereocenters. The summed E-state index contributed by atoms with van der Waals surface area (Å²) in [7, 11) is 0. The third-order valence-electron chi connectivity index (χ3n) is 3.09. The molecule has 90 valence electrons. The molecule has 1 heterocycles. The van der Waals surface area contributed by atoms with Crippen molar-refractivity contribution in [2.75, 3.05) is 6.54 Å². The average Bonchev–Trinajstić information content (AvgIpc) is 2.75. The van der Waals surface area contributed by atoms with Gasteiger partial charge in [0.2, 0.25) is 0 Å². The van der Waals surface area contributed by atoms with Crippen molar-refractivity contribution in [3.8, 4) is 0 Å². The van der Waals surface area contributed by atoms with E-state index in [0.29, 0.717) is 13.1 Å². The molecule has 1 saturated carbocycles. The first-order chi connectivity index (χ1) is 7.45. The van der Waals surface area contributed by atoms with E-state index in [0.717, 1.165) is 31.7 Å². The zero-order valence-corrected chi connectivity index (χ0v) is 8.80. The summed E-state index contributed by atoms with van der Waals surface area (Å²) in [6.07, 6.45) is 0.559. The lowest BCUT2D eigenvalue weighted by Crippen LogP contribution is -2.16. The first-order valence-electron chi connectivity index (χ1n) is 5.25. The van der Waals surface area contributed by atoms with Crippen molar-refractivity contribution in [2.45, 2.75) is 32.0 Å². The van der Waals surface area contributed by atoms with E-state index in [4.69, 9.17) is 5.73 Å². The van der Waals surface area contributed by atoms with Crippen LogP contribution in [0.2, 0.25) is 0 Å². The van der Waals surface area contributed by atoms with Crippen LogP contribution in [0.5, 0.6) is 0 Å². The van der Waals surface area contributed by atoms with Crippen molar-refractivity contribution in [1.82, 2.24) is 9.78 Å². The molecule has 0 aromatic carbocycles. The van der Waals surface area contributed by atoms with Crippen LogP contribution in [0.4, 0.5) is 13.2 Å². The smallest absolute Gasteiger partial charge is 0.330 e. The van der Waals surface area contributed by atoms with Gasteiger partial charge in [-0.3, -0.25) is 4.68 Å². The van der Waals surface area contributed by atoms with Crippen molar-refractivity contribution in [3.63, 3.8) is 0 Å². The number of aromatic nitrogens is 2. The van der Waals surface area contributed by atoms with E-state index in [2.05, 4.69) is 5.10 Å². The van der Waals surface area contributed by atoms with Crippen LogP contribution in [0.1, 0.15) is 24.8 Å². The minimum atomic E-state index is -4.30. The molecule has 0 atom stereocenters. The van der Waals surface area contributed by atoms with Gasteiger partial charge in [0.25, 0.3) is 0 Å².